The van der Waals surface area contributed by atoms with E-state index >= 15 is 0 Å². The number of piperidine rings is 1. The van der Waals surface area contributed by atoms with E-state index in [9.17, 15) is 0 Å². The Morgan fingerprint density at radius 1 is 1.38 bits per heavy atom. The van der Waals surface area contributed by atoms with E-state index in [1.165, 1.54) is 32.5 Å². The molecule has 1 aliphatic rings. The molecule has 3 heteroatoms. The Morgan fingerprint density at radius 2 is 2.06 bits per heavy atom. The lowest BCUT2D eigenvalue weighted by atomic mass is 10.1. The van der Waals surface area contributed by atoms with Gasteiger partial charge in [0.1, 0.15) is 0 Å². The second kappa shape index (κ2) is 8.04. The second-order valence-corrected chi connectivity index (χ2v) is 4.97. The van der Waals surface area contributed by atoms with Crippen molar-refractivity contribution in [1.29, 1.82) is 0 Å². The van der Waals surface area contributed by atoms with Crippen LogP contribution in [0.1, 0.15) is 41.5 Å². The van der Waals surface area contributed by atoms with E-state index in [1.807, 2.05) is 0 Å². The maximum atomic E-state index is 5.89. The molecular formula is C13H30N2O. The average Bonchev–Trinajstić information content (AvgIpc) is 2.29. The standard InChI is InChI=1S/C13H28N2O.H2/c1-4-15-9-6-13(7-10-15)16-11-5-8-14-12(2)3;/h12-14H,4-11H2,1-3H3;1H. The third-order valence-electron chi connectivity index (χ3n) is 3.21. The van der Waals surface area contributed by atoms with Crippen LogP contribution in [0.4, 0.5) is 0 Å². The Labute approximate surface area is 102 Å². The lowest BCUT2D eigenvalue weighted by Crippen LogP contribution is -2.37. The van der Waals surface area contributed by atoms with Gasteiger partial charge in [-0.05, 0) is 32.4 Å². The highest BCUT2D eigenvalue weighted by Gasteiger charge is 2.17. The van der Waals surface area contributed by atoms with Crippen LogP contribution in [-0.2, 0) is 4.74 Å². The molecule has 3 nitrogen and oxygen atoms in total. The lowest BCUT2D eigenvalue weighted by molar-refractivity contribution is 0.00766. The lowest BCUT2D eigenvalue weighted by Gasteiger charge is -2.30. The number of rotatable bonds is 7. The van der Waals surface area contributed by atoms with E-state index in [0.29, 0.717) is 12.1 Å². The molecular weight excluding hydrogens is 200 g/mol. The maximum Gasteiger partial charge on any atom is 0.0599 e. The minimum Gasteiger partial charge on any atom is -0.378 e. The van der Waals surface area contributed by atoms with Gasteiger partial charge in [-0.2, -0.15) is 0 Å². The first-order chi connectivity index (χ1) is 7.72. The molecule has 0 aromatic heterocycles. The summed E-state index contributed by atoms with van der Waals surface area (Å²) in [5.74, 6) is 0. The third kappa shape index (κ3) is 5.83. The Hall–Kier alpha value is -0.120. The summed E-state index contributed by atoms with van der Waals surface area (Å²) in [6.07, 6.45) is 4.07. The highest BCUT2D eigenvalue weighted by Crippen LogP contribution is 2.13. The molecule has 0 unspecified atom stereocenters. The van der Waals surface area contributed by atoms with Crippen LogP contribution in [0.15, 0.2) is 0 Å². The molecule has 0 aliphatic carbocycles. The van der Waals surface area contributed by atoms with Crippen molar-refractivity contribution in [2.24, 2.45) is 0 Å². The fraction of sp³-hybridized carbons (Fsp3) is 1.00. The minimum absolute atomic E-state index is 0. The molecule has 0 atom stereocenters. The summed E-state index contributed by atoms with van der Waals surface area (Å²) < 4.78 is 5.89. The molecule has 1 rings (SSSR count). The number of hydrogen-bond donors (Lipinski definition) is 1. The maximum absolute atomic E-state index is 5.89. The smallest absolute Gasteiger partial charge is 0.0599 e. The van der Waals surface area contributed by atoms with Crippen molar-refractivity contribution < 1.29 is 6.16 Å². The number of hydrogen-bond acceptors (Lipinski definition) is 3. The van der Waals surface area contributed by atoms with Gasteiger partial charge >= 0.3 is 0 Å². The Kier molecular flexibility index (Phi) is 7.01. The molecule has 1 saturated heterocycles. The predicted molar refractivity (Wildman–Crippen MR) is 71.0 cm³/mol. The van der Waals surface area contributed by atoms with Gasteiger partial charge in [-0.1, -0.05) is 20.8 Å². The van der Waals surface area contributed by atoms with Crippen molar-refractivity contribution in [3.8, 4) is 0 Å². The van der Waals surface area contributed by atoms with Crippen LogP contribution in [0, 0.1) is 0 Å². The van der Waals surface area contributed by atoms with E-state index in [1.54, 1.807) is 0 Å². The molecule has 1 aliphatic heterocycles. The summed E-state index contributed by atoms with van der Waals surface area (Å²) in [6, 6.07) is 0.591. The third-order valence-corrected chi connectivity index (χ3v) is 3.21. The van der Waals surface area contributed by atoms with Gasteiger partial charge in [-0.3, -0.25) is 0 Å². The van der Waals surface area contributed by atoms with E-state index in [0.717, 1.165) is 19.6 Å². The van der Waals surface area contributed by atoms with Gasteiger partial charge in [0.2, 0.25) is 0 Å². The van der Waals surface area contributed by atoms with Crippen LogP contribution >= 0.6 is 0 Å². The summed E-state index contributed by atoms with van der Waals surface area (Å²) in [6.45, 7) is 12.2. The monoisotopic (exact) mass is 230 g/mol. The van der Waals surface area contributed by atoms with Crippen LogP contribution in [0.2, 0.25) is 0 Å². The molecule has 0 saturated carbocycles. The first-order valence-electron chi connectivity index (χ1n) is 6.79. The van der Waals surface area contributed by atoms with Gasteiger partial charge in [0, 0.05) is 27.2 Å². The van der Waals surface area contributed by atoms with Crippen molar-refractivity contribution in [3.63, 3.8) is 0 Å². The fourth-order valence-corrected chi connectivity index (χ4v) is 2.11. The van der Waals surface area contributed by atoms with Crippen molar-refractivity contribution in [2.45, 2.75) is 52.2 Å². The van der Waals surface area contributed by atoms with Gasteiger partial charge in [0.15, 0.2) is 0 Å². The number of ether oxygens (including phenoxy) is 1. The summed E-state index contributed by atoms with van der Waals surface area (Å²) in [5.41, 5.74) is 0. The zero-order valence-electron chi connectivity index (χ0n) is 11.2. The first kappa shape index (κ1) is 13.9. The van der Waals surface area contributed by atoms with Crippen LogP contribution in [0.3, 0.4) is 0 Å². The van der Waals surface area contributed by atoms with Gasteiger partial charge < -0.3 is 15.0 Å². The van der Waals surface area contributed by atoms with E-state index < -0.39 is 0 Å². The molecule has 0 radical (unpaired) electrons. The zero-order valence-corrected chi connectivity index (χ0v) is 11.2. The molecule has 1 fully saturated rings. The first-order valence-corrected chi connectivity index (χ1v) is 6.79. The van der Waals surface area contributed by atoms with Crippen molar-refractivity contribution in [1.82, 2.24) is 10.2 Å². The minimum atomic E-state index is 0. The molecule has 98 valence electrons. The SMILES string of the molecule is CCN1CCC(OCCCNC(C)C)CC1.[HH]. The van der Waals surface area contributed by atoms with Gasteiger partial charge in [0.25, 0.3) is 0 Å². The van der Waals surface area contributed by atoms with Gasteiger partial charge in [-0.25, -0.2) is 0 Å². The molecule has 0 bridgehead atoms. The van der Waals surface area contributed by atoms with Crippen LogP contribution < -0.4 is 5.32 Å². The largest absolute Gasteiger partial charge is 0.378 e. The van der Waals surface area contributed by atoms with E-state index in [4.69, 9.17) is 4.74 Å². The normalized spacial score (nSPS) is 19.5. The predicted octanol–water partition coefficient (Wildman–Crippen LogP) is 2.12. The summed E-state index contributed by atoms with van der Waals surface area (Å²) in [5, 5.41) is 3.41. The zero-order chi connectivity index (χ0) is 11.8. The highest BCUT2D eigenvalue weighted by molar-refractivity contribution is 4.71. The Morgan fingerprint density at radius 3 is 2.62 bits per heavy atom. The molecule has 0 spiro atoms. The van der Waals surface area contributed by atoms with Crippen molar-refractivity contribution in [3.05, 3.63) is 0 Å². The Bertz CT molecular complexity index is 171. The van der Waals surface area contributed by atoms with Crippen LogP contribution in [0.5, 0.6) is 0 Å². The van der Waals surface area contributed by atoms with Crippen LogP contribution in [0.25, 0.3) is 0 Å². The summed E-state index contributed by atoms with van der Waals surface area (Å²) in [4.78, 5) is 2.50. The molecule has 1 heterocycles. The summed E-state index contributed by atoms with van der Waals surface area (Å²) in [7, 11) is 0. The Balaban J connectivity index is 0.00000256. The number of likely N-dealkylation sites (tertiary alicyclic amines) is 1. The van der Waals surface area contributed by atoms with Crippen LogP contribution in [-0.4, -0.2) is 49.8 Å². The molecule has 0 aromatic rings. The van der Waals surface area contributed by atoms with Crippen molar-refractivity contribution >= 4 is 0 Å². The topological polar surface area (TPSA) is 24.5 Å². The van der Waals surface area contributed by atoms with Gasteiger partial charge in [0.05, 0.1) is 6.10 Å². The average molecular weight is 230 g/mol. The van der Waals surface area contributed by atoms with E-state index in [2.05, 4.69) is 31.0 Å². The second-order valence-electron chi connectivity index (χ2n) is 4.97. The van der Waals surface area contributed by atoms with E-state index in [-0.39, 0.29) is 1.43 Å². The highest BCUT2D eigenvalue weighted by atomic mass is 16.5. The van der Waals surface area contributed by atoms with Gasteiger partial charge in [-0.15, -0.1) is 0 Å². The fourth-order valence-electron chi connectivity index (χ4n) is 2.11. The molecule has 0 amide bonds. The molecule has 0 aromatic carbocycles. The molecule has 16 heavy (non-hydrogen) atoms. The number of nitrogens with zero attached hydrogens (tertiary/aromatic N) is 1. The molecule has 1 N–H and O–H groups in total. The quantitative estimate of drug-likeness (QED) is 0.678. The summed E-state index contributed by atoms with van der Waals surface area (Å²) >= 11 is 0. The number of nitrogens with one attached hydrogen (secondary N) is 1. The van der Waals surface area contributed by atoms with Crippen molar-refractivity contribution in [2.75, 3.05) is 32.8 Å².